The van der Waals surface area contributed by atoms with Gasteiger partial charge in [-0.15, -0.1) is 0 Å². The molecular weight excluding hydrogens is 198 g/mol. The zero-order chi connectivity index (χ0) is 12.2. The number of rotatable bonds is 6. The zero-order valence-corrected chi connectivity index (χ0v) is 9.19. The molecule has 0 aliphatic heterocycles. The minimum Gasteiger partial charge on any atom is -0.392 e. The molecule has 0 saturated carbocycles. The molecule has 2 unspecified atom stereocenters. The molecule has 0 spiro atoms. The Morgan fingerprint density at radius 3 is 2.27 bits per heavy atom. The number of aldehydes is 1. The Kier molecular flexibility index (Phi) is 4.61. The van der Waals surface area contributed by atoms with Crippen LogP contribution in [0.25, 0.3) is 0 Å². The minimum absolute atomic E-state index is 0.0364. The van der Waals surface area contributed by atoms with Gasteiger partial charge in [-0.3, -0.25) is 14.4 Å². The highest BCUT2D eigenvalue weighted by Gasteiger charge is 2.33. The molecule has 0 rings (SSSR count). The summed E-state index contributed by atoms with van der Waals surface area (Å²) < 4.78 is 0. The monoisotopic (exact) mass is 215 g/mol. The van der Waals surface area contributed by atoms with Gasteiger partial charge in [-0.2, -0.15) is 0 Å². The number of nitrogens with two attached hydrogens (primary N) is 1. The van der Waals surface area contributed by atoms with Crippen LogP contribution in [0.15, 0.2) is 0 Å². The topological polar surface area (TPSA) is 97.5 Å². The fraction of sp³-hybridized carbons (Fsp3) is 0.700. The Bertz CT molecular complexity index is 273. The number of aliphatic hydroxyl groups excluding tert-OH is 1. The third kappa shape index (κ3) is 3.79. The van der Waals surface area contributed by atoms with Crippen LogP contribution in [0.5, 0.6) is 0 Å². The van der Waals surface area contributed by atoms with Gasteiger partial charge in [0, 0.05) is 5.41 Å². The first-order valence-corrected chi connectivity index (χ1v) is 4.69. The van der Waals surface area contributed by atoms with Crippen LogP contribution in [-0.2, 0) is 14.4 Å². The average Bonchev–Trinajstić information content (AvgIpc) is 2.14. The smallest absolute Gasteiger partial charge is 0.222 e. The molecule has 0 aromatic heterocycles. The van der Waals surface area contributed by atoms with Gasteiger partial charge in [0.05, 0.1) is 12.0 Å². The number of carbonyl (C=O) groups excluding carboxylic acids is 3. The van der Waals surface area contributed by atoms with Crippen LogP contribution in [0.1, 0.15) is 27.2 Å². The van der Waals surface area contributed by atoms with Crippen LogP contribution in [0, 0.1) is 11.3 Å². The fourth-order valence-corrected chi connectivity index (χ4v) is 1.15. The maximum Gasteiger partial charge on any atom is 0.222 e. The van der Waals surface area contributed by atoms with Gasteiger partial charge >= 0.3 is 0 Å². The third-order valence-corrected chi connectivity index (χ3v) is 2.52. The van der Waals surface area contributed by atoms with E-state index >= 15 is 0 Å². The van der Waals surface area contributed by atoms with Crippen LogP contribution in [0.4, 0.5) is 0 Å². The van der Waals surface area contributed by atoms with Gasteiger partial charge in [0.2, 0.25) is 11.7 Å². The van der Waals surface area contributed by atoms with E-state index < -0.39 is 29.1 Å². The number of ketones is 1. The summed E-state index contributed by atoms with van der Waals surface area (Å²) in [6.07, 6.45) is -0.752. The van der Waals surface area contributed by atoms with Crippen molar-refractivity contribution in [2.24, 2.45) is 17.1 Å². The summed E-state index contributed by atoms with van der Waals surface area (Å²) in [5, 5.41) is 9.60. The van der Waals surface area contributed by atoms with Crippen LogP contribution in [-0.4, -0.2) is 29.2 Å². The largest absolute Gasteiger partial charge is 0.392 e. The summed E-state index contributed by atoms with van der Waals surface area (Å²) >= 11 is 0. The number of amides is 1. The lowest BCUT2D eigenvalue weighted by molar-refractivity contribution is -0.137. The van der Waals surface area contributed by atoms with Crippen molar-refractivity contribution < 1.29 is 19.5 Å². The summed E-state index contributed by atoms with van der Waals surface area (Å²) in [6, 6.07) is 0. The summed E-state index contributed by atoms with van der Waals surface area (Å²) in [5.41, 5.74) is 4.04. The van der Waals surface area contributed by atoms with Gasteiger partial charge in [-0.1, -0.05) is 20.8 Å². The van der Waals surface area contributed by atoms with Gasteiger partial charge in [0.25, 0.3) is 0 Å². The first-order valence-electron chi connectivity index (χ1n) is 4.69. The van der Waals surface area contributed by atoms with Gasteiger partial charge in [0.15, 0.2) is 6.29 Å². The molecule has 0 saturated heterocycles. The second kappa shape index (κ2) is 5.02. The number of carbonyl (C=O) groups is 3. The Balaban J connectivity index is 4.52. The van der Waals surface area contributed by atoms with Crippen molar-refractivity contribution in [3.8, 4) is 0 Å². The van der Waals surface area contributed by atoms with Crippen molar-refractivity contribution in [3.63, 3.8) is 0 Å². The molecule has 2 atom stereocenters. The van der Waals surface area contributed by atoms with Gasteiger partial charge in [0.1, 0.15) is 0 Å². The van der Waals surface area contributed by atoms with Crippen LogP contribution in [0.2, 0.25) is 0 Å². The van der Waals surface area contributed by atoms with Crippen molar-refractivity contribution in [3.05, 3.63) is 0 Å². The van der Waals surface area contributed by atoms with Gasteiger partial charge < -0.3 is 10.8 Å². The molecule has 86 valence electrons. The highest BCUT2D eigenvalue weighted by atomic mass is 16.3. The minimum atomic E-state index is -1.01. The lowest BCUT2D eigenvalue weighted by Gasteiger charge is -2.25. The van der Waals surface area contributed by atoms with Crippen molar-refractivity contribution in [1.82, 2.24) is 0 Å². The van der Waals surface area contributed by atoms with Crippen LogP contribution in [0.3, 0.4) is 0 Å². The van der Waals surface area contributed by atoms with E-state index in [0.29, 0.717) is 0 Å². The van der Waals surface area contributed by atoms with E-state index in [4.69, 9.17) is 5.73 Å². The highest BCUT2D eigenvalue weighted by molar-refractivity contribution is 6.27. The standard InChI is InChI=1S/C10H17NO4/c1-6(9(11)15)7(13)4-10(2,3)8(14)5-12/h5-7,13H,4H2,1-3H3,(H2,11,15). The molecule has 0 heterocycles. The van der Waals surface area contributed by atoms with E-state index in [9.17, 15) is 19.5 Å². The van der Waals surface area contributed by atoms with E-state index in [1.165, 1.54) is 6.92 Å². The molecule has 5 heteroatoms. The number of Topliss-reactive ketones (excluding diaryl/α,β-unsaturated/α-hetero) is 1. The number of hydrogen-bond donors (Lipinski definition) is 2. The van der Waals surface area contributed by atoms with Crippen molar-refractivity contribution in [2.45, 2.75) is 33.3 Å². The van der Waals surface area contributed by atoms with Crippen LogP contribution < -0.4 is 5.73 Å². The molecule has 0 aliphatic rings. The molecular formula is C10H17NO4. The first kappa shape index (κ1) is 13.8. The van der Waals surface area contributed by atoms with E-state index in [1.807, 2.05) is 0 Å². The maximum absolute atomic E-state index is 11.2. The molecule has 0 fully saturated rings. The van der Waals surface area contributed by atoms with E-state index in [-0.39, 0.29) is 12.7 Å². The van der Waals surface area contributed by atoms with Crippen molar-refractivity contribution in [2.75, 3.05) is 0 Å². The average molecular weight is 215 g/mol. The third-order valence-electron chi connectivity index (χ3n) is 2.52. The summed E-state index contributed by atoms with van der Waals surface area (Å²) in [7, 11) is 0. The van der Waals surface area contributed by atoms with E-state index in [2.05, 4.69) is 0 Å². The normalized spacial score (nSPS) is 15.5. The van der Waals surface area contributed by atoms with Crippen molar-refractivity contribution in [1.29, 1.82) is 0 Å². The maximum atomic E-state index is 11.2. The molecule has 0 aromatic rings. The molecule has 0 aromatic carbocycles. The second-order valence-electron chi connectivity index (χ2n) is 4.33. The molecule has 5 nitrogen and oxygen atoms in total. The Labute approximate surface area is 88.6 Å². The molecule has 1 amide bonds. The van der Waals surface area contributed by atoms with E-state index in [1.54, 1.807) is 13.8 Å². The fourth-order valence-electron chi connectivity index (χ4n) is 1.15. The predicted molar refractivity (Wildman–Crippen MR) is 53.8 cm³/mol. The molecule has 3 N–H and O–H groups in total. The number of hydrogen-bond acceptors (Lipinski definition) is 4. The molecule has 0 bridgehead atoms. The summed E-state index contributed by atoms with van der Waals surface area (Å²) in [4.78, 5) is 32.3. The van der Waals surface area contributed by atoms with Crippen LogP contribution >= 0.6 is 0 Å². The second-order valence-corrected chi connectivity index (χ2v) is 4.33. The highest BCUT2D eigenvalue weighted by Crippen LogP contribution is 2.25. The van der Waals surface area contributed by atoms with Gasteiger partial charge in [-0.25, -0.2) is 0 Å². The summed E-state index contributed by atoms with van der Waals surface area (Å²) in [5.74, 6) is -1.96. The summed E-state index contributed by atoms with van der Waals surface area (Å²) in [6.45, 7) is 4.57. The number of primary amides is 1. The Hall–Kier alpha value is -1.23. The molecule has 0 aliphatic carbocycles. The lowest BCUT2D eigenvalue weighted by Crippen LogP contribution is -2.37. The first-order chi connectivity index (χ1) is 6.72. The lowest BCUT2D eigenvalue weighted by atomic mass is 9.80. The van der Waals surface area contributed by atoms with Crippen molar-refractivity contribution >= 4 is 18.0 Å². The Morgan fingerprint density at radius 1 is 1.47 bits per heavy atom. The zero-order valence-electron chi connectivity index (χ0n) is 9.19. The quantitative estimate of drug-likeness (QED) is 0.467. The molecule has 15 heavy (non-hydrogen) atoms. The van der Waals surface area contributed by atoms with E-state index in [0.717, 1.165) is 0 Å². The SMILES string of the molecule is CC(C(N)=O)C(O)CC(C)(C)C(=O)C=O. The number of aliphatic hydroxyl groups is 1. The predicted octanol–water partition coefficient (Wildman–Crippen LogP) is -0.347. The van der Waals surface area contributed by atoms with Gasteiger partial charge in [-0.05, 0) is 6.42 Å². The molecule has 0 radical (unpaired) electrons. The Morgan fingerprint density at radius 2 is 1.93 bits per heavy atom.